The minimum absolute atomic E-state index is 0.794. The Morgan fingerprint density at radius 3 is 1.85 bits per heavy atom. The van der Waals surface area contributed by atoms with Crippen molar-refractivity contribution < 1.29 is 36.0 Å². The van der Waals surface area contributed by atoms with E-state index in [0.717, 1.165) is 11.0 Å². The molecular weight excluding hydrogens is 499 g/mol. The van der Waals surface area contributed by atoms with Crippen LogP contribution in [-0.2, 0) is 0 Å². The molecule has 109 valence electrons. The van der Waals surface area contributed by atoms with E-state index in [1.54, 1.807) is 2.02 Å². The third-order valence-electron chi connectivity index (χ3n) is 2.10. The van der Waals surface area contributed by atoms with E-state index in [1.807, 2.05) is 24.3 Å². The molecular formula is C11H14BF4N3U-. The predicted octanol–water partition coefficient (Wildman–Crippen LogP) is 1.88. The second-order valence-corrected chi connectivity index (χ2v) is 34.9. The Bertz CT molecular complexity index is 1010. The Kier molecular flexibility index (Phi) is 3.50. The van der Waals surface area contributed by atoms with Gasteiger partial charge in [0.1, 0.15) is 0 Å². The summed E-state index contributed by atoms with van der Waals surface area (Å²) in [5.74, 6) is 0. The third kappa shape index (κ3) is 5.06. The quantitative estimate of drug-likeness (QED) is 0.431. The number of rotatable bonds is 1. The zero-order chi connectivity index (χ0) is 15.9. The van der Waals surface area contributed by atoms with Gasteiger partial charge < -0.3 is 17.3 Å². The van der Waals surface area contributed by atoms with E-state index in [-0.39, 0.29) is 0 Å². The summed E-state index contributed by atoms with van der Waals surface area (Å²) in [4.78, 5) is 0. The van der Waals surface area contributed by atoms with Crippen LogP contribution in [0.2, 0.25) is 0 Å². The number of aromatic nitrogens is 3. The summed E-state index contributed by atoms with van der Waals surface area (Å²) in [7, 11) is -6.00. The molecule has 0 N–H and O–H groups in total. The third-order valence-corrected chi connectivity index (χ3v) is 9.71. The van der Waals surface area contributed by atoms with Gasteiger partial charge in [0, 0.05) is 0 Å². The Balaban J connectivity index is 0.000000347. The summed E-state index contributed by atoms with van der Waals surface area (Å²) < 4.78 is 60.9. The van der Waals surface area contributed by atoms with Crippen molar-refractivity contribution in [1.29, 1.82) is 0 Å². The van der Waals surface area contributed by atoms with Gasteiger partial charge in [0.25, 0.3) is 0 Å². The van der Waals surface area contributed by atoms with E-state index in [2.05, 4.69) is 28.0 Å². The van der Waals surface area contributed by atoms with Crippen LogP contribution in [0.4, 0.5) is 17.3 Å². The maximum atomic E-state index is 9.75. The van der Waals surface area contributed by atoms with Crippen molar-refractivity contribution in [3.63, 3.8) is 0 Å². The van der Waals surface area contributed by atoms with Crippen LogP contribution in [0.3, 0.4) is 0 Å². The number of benzene rings is 1. The monoisotopic (exact) mass is 513 g/mol. The van der Waals surface area contributed by atoms with Gasteiger partial charge in [-0.05, 0) is 0 Å². The molecule has 0 atom stereocenters. The summed E-state index contributed by atoms with van der Waals surface area (Å²) in [6.07, 6.45) is 0. The zero-order valence-electron chi connectivity index (χ0n) is 10.8. The summed E-state index contributed by atoms with van der Waals surface area (Å²) in [6.45, 7) is 0. The number of hydrogen-bond acceptors (Lipinski definition) is 2. The van der Waals surface area contributed by atoms with Gasteiger partial charge in [0.05, 0.1) is 0 Å². The first kappa shape index (κ1) is 16.9. The molecule has 0 fully saturated rings. The van der Waals surface area contributed by atoms with Gasteiger partial charge in [0.15, 0.2) is 0 Å². The summed E-state index contributed by atoms with van der Waals surface area (Å²) in [5, 5.41) is 8.10. The van der Waals surface area contributed by atoms with Gasteiger partial charge in [-0.15, -0.1) is 0 Å². The van der Waals surface area contributed by atoms with Crippen LogP contribution < -0.4 is 0 Å². The normalized spacial score (nSPS) is 15.8. The fourth-order valence-corrected chi connectivity index (χ4v) is 7.29. The summed E-state index contributed by atoms with van der Waals surface area (Å²) in [6, 6.07) is 7.60. The standard InChI is InChI=1S/C6H4N3.5CH2.BF4.U/c1-2-4-6-5(3-1)7-9-8-6;;;;;;2-1(3,4)5;/h1-4H;5*1H2;;/q-1;;;;;;-1;+1. The van der Waals surface area contributed by atoms with Crippen molar-refractivity contribution in [3.05, 3.63) is 24.3 Å². The first-order valence-electron chi connectivity index (χ1n) is 5.54. The molecule has 1 aromatic carbocycles. The molecule has 0 saturated carbocycles. The molecule has 0 radical (unpaired) electrons. The molecule has 0 spiro atoms. The molecule has 0 amide bonds. The van der Waals surface area contributed by atoms with Gasteiger partial charge in [-0.3, -0.25) is 0 Å². The Hall–Kier alpha value is -1.19. The van der Waals surface area contributed by atoms with Crippen LogP contribution in [0.25, 0.3) is 11.0 Å². The second kappa shape index (κ2) is 4.15. The molecule has 0 unspecified atom stereocenters. The van der Waals surface area contributed by atoms with Gasteiger partial charge in [0.2, 0.25) is 0 Å². The van der Waals surface area contributed by atoms with E-state index < -0.39 is 26.0 Å². The fraction of sp³-hybridized carbons (Fsp3) is 0. The number of halogens is 4. The first-order valence-corrected chi connectivity index (χ1v) is 22.1. The molecule has 1 heterocycles. The molecule has 0 aliphatic heterocycles. The van der Waals surface area contributed by atoms with Crippen LogP contribution in [0.15, 0.2) is 24.3 Å². The van der Waals surface area contributed by atoms with Crippen molar-refractivity contribution in [2.75, 3.05) is 0 Å². The van der Waals surface area contributed by atoms with E-state index in [1.165, 1.54) is 0 Å². The van der Waals surface area contributed by atoms with E-state index in [4.69, 9.17) is 0 Å². The summed E-state index contributed by atoms with van der Waals surface area (Å²) in [5.41, 5.74) is 1.65. The SMILES string of the molecule is F[B-](F)(F)F.[CH2]=[U](=[CH2])(=[CH2])(=[CH2])(=[CH2])[n]1nnc2ccccc21. The van der Waals surface area contributed by atoms with Crippen LogP contribution in [0.5, 0.6) is 0 Å². The van der Waals surface area contributed by atoms with Crippen molar-refractivity contribution in [1.82, 2.24) is 12.3 Å². The zero-order valence-corrected chi connectivity index (χ0v) is 14.9. The molecule has 0 aliphatic rings. The van der Waals surface area contributed by atoms with E-state index in [9.17, 15) is 17.3 Å². The number of fused-ring (bicyclic) bond motifs is 1. The van der Waals surface area contributed by atoms with Crippen molar-refractivity contribution >= 4 is 35.9 Å². The Morgan fingerprint density at radius 1 is 0.950 bits per heavy atom. The van der Waals surface area contributed by atoms with Crippen LogP contribution >= 0.6 is 0 Å². The molecule has 20 heavy (non-hydrogen) atoms. The second-order valence-electron chi connectivity index (χ2n) is 5.78. The average molecular weight is 513 g/mol. The topological polar surface area (TPSA) is 30.7 Å². The van der Waals surface area contributed by atoms with Crippen LogP contribution in [0.1, 0.15) is 0 Å². The molecule has 0 aliphatic carbocycles. The van der Waals surface area contributed by atoms with Crippen molar-refractivity contribution in [3.8, 4) is 0 Å². The first-order chi connectivity index (χ1) is 8.58. The molecule has 3 nitrogen and oxygen atoms in total. The Labute approximate surface area is 108 Å². The fourth-order valence-electron chi connectivity index (χ4n) is 1.45. The molecule has 9 heteroatoms. The maximum absolute atomic E-state index is 9.75. The van der Waals surface area contributed by atoms with Gasteiger partial charge in [-0.2, -0.15) is 0 Å². The van der Waals surface area contributed by atoms with Crippen LogP contribution in [0, 0.1) is 18.8 Å². The minimum atomic E-state index is -6.00. The molecule has 0 bridgehead atoms. The summed E-state index contributed by atoms with van der Waals surface area (Å²) >= 11 is -4.73. The van der Waals surface area contributed by atoms with Crippen molar-refractivity contribution in [2.45, 2.75) is 0 Å². The average Bonchev–Trinajstić information content (AvgIpc) is 2.55. The Morgan fingerprint density at radius 2 is 1.40 bits per heavy atom. The van der Waals surface area contributed by atoms with Gasteiger partial charge in [-0.25, -0.2) is 0 Å². The number of para-hydroxylation sites is 1. The molecule has 1 aromatic heterocycles. The van der Waals surface area contributed by atoms with Gasteiger partial charge in [-0.1, -0.05) is 0 Å². The van der Waals surface area contributed by atoms with Crippen molar-refractivity contribution in [2.24, 2.45) is 0 Å². The van der Waals surface area contributed by atoms with E-state index in [0.29, 0.717) is 0 Å². The molecule has 2 aromatic rings. The van der Waals surface area contributed by atoms with Crippen LogP contribution in [-0.4, -0.2) is 37.2 Å². The van der Waals surface area contributed by atoms with E-state index >= 15 is 0 Å². The van der Waals surface area contributed by atoms with Gasteiger partial charge >= 0.3 is 91.3 Å². The molecule has 2 rings (SSSR count). The molecule has 0 saturated heterocycles. The number of nitrogens with zero attached hydrogens (tertiary/aromatic N) is 3. The number of hydrogen-bond donors (Lipinski definition) is 0. The predicted molar refractivity (Wildman–Crippen MR) is 78.7 cm³/mol.